The fourth-order valence-electron chi connectivity index (χ4n) is 2.51. The van der Waals surface area contributed by atoms with Crippen molar-refractivity contribution in [1.82, 2.24) is 14.7 Å². The maximum absolute atomic E-state index is 12.4. The van der Waals surface area contributed by atoms with E-state index in [1.54, 1.807) is 0 Å². The molecule has 0 spiro atoms. The van der Waals surface area contributed by atoms with E-state index in [9.17, 15) is 4.79 Å². The first-order valence-electron chi connectivity index (χ1n) is 6.66. The molecule has 0 saturated heterocycles. The van der Waals surface area contributed by atoms with Crippen LogP contribution in [0.4, 0.5) is 0 Å². The number of amides is 1. The summed E-state index contributed by atoms with van der Waals surface area (Å²) in [6, 6.07) is 7.88. The normalized spacial score (nSPS) is 14.6. The smallest absolute Gasteiger partial charge is 0.254 e. The highest BCUT2D eigenvalue weighted by molar-refractivity contribution is 5.96. The van der Waals surface area contributed by atoms with E-state index in [0.29, 0.717) is 6.54 Å². The summed E-state index contributed by atoms with van der Waals surface area (Å²) in [5, 5.41) is 4.25. The van der Waals surface area contributed by atoms with Gasteiger partial charge in [-0.3, -0.25) is 9.48 Å². The molecule has 1 amide bonds. The molecule has 0 bridgehead atoms. The van der Waals surface area contributed by atoms with E-state index < -0.39 is 0 Å². The van der Waals surface area contributed by atoms with Crippen LogP contribution in [0.1, 0.15) is 28.4 Å². The first kappa shape index (κ1) is 12.0. The van der Waals surface area contributed by atoms with Crippen LogP contribution in [0, 0.1) is 0 Å². The fraction of sp³-hybridized carbons (Fsp3) is 0.333. The van der Waals surface area contributed by atoms with E-state index in [0.717, 1.165) is 36.2 Å². The summed E-state index contributed by atoms with van der Waals surface area (Å²) in [6.45, 7) is 4.34. The molecule has 0 atom stereocenters. The molecule has 1 aromatic heterocycles. The zero-order valence-corrected chi connectivity index (χ0v) is 11.0. The van der Waals surface area contributed by atoms with E-state index in [1.165, 1.54) is 0 Å². The van der Waals surface area contributed by atoms with E-state index >= 15 is 0 Å². The number of carbonyl (C=O) groups excluding carboxylic acids is 1. The molecule has 1 aliphatic heterocycles. The second-order valence-electron chi connectivity index (χ2n) is 4.84. The van der Waals surface area contributed by atoms with E-state index in [1.807, 2.05) is 46.2 Å². The number of aryl methyl sites for hydroxylation is 1. The summed E-state index contributed by atoms with van der Waals surface area (Å²) in [6.07, 6.45) is 4.79. The number of fused-ring (bicyclic) bond motifs is 1. The molecule has 4 heteroatoms. The zero-order chi connectivity index (χ0) is 13.2. The molecule has 1 aliphatic rings. The summed E-state index contributed by atoms with van der Waals surface area (Å²) >= 11 is 0. The Balaban J connectivity index is 1.79. The van der Waals surface area contributed by atoms with Crippen LogP contribution in [-0.2, 0) is 19.5 Å². The van der Waals surface area contributed by atoms with Gasteiger partial charge in [0.25, 0.3) is 5.91 Å². The molecule has 0 unspecified atom stereocenters. The van der Waals surface area contributed by atoms with Crippen molar-refractivity contribution < 1.29 is 4.79 Å². The number of hydrogen-bond acceptors (Lipinski definition) is 2. The SMILES string of the molecule is CCn1cc(CN2CCc3ccccc3C2=O)cn1. The number of aromatic nitrogens is 2. The molecule has 3 rings (SSSR count). The molecule has 1 aromatic carbocycles. The van der Waals surface area contributed by atoms with Crippen LogP contribution < -0.4 is 0 Å². The standard InChI is InChI=1S/C15H17N3O/c1-2-18-11-12(9-16-18)10-17-8-7-13-5-3-4-6-14(13)15(17)19/h3-6,9,11H,2,7-8,10H2,1H3. The van der Waals surface area contributed by atoms with Crippen molar-refractivity contribution in [2.24, 2.45) is 0 Å². The van der Waals surface area contributed by atoms with Gasteiger partial charge < -0.3 is 4.90 Å². The number of nitrogens with zero attached hydrogens (tertiary/aromatic N) is 3. The molecule has 0 fully saturated rings. The van der Waals surface area contributed by atoms with E-state index in [4.69, 9.17) is 0 Å². The van der Waals surface area contributed by atoms with Crippen molar-refractivity contribution in [3.63, 3.8) is 0 Å². The molecule has 0 N–H and O–H groups in total. The molecule has 2 heterocycles. The number of rotatable bonds is 3. The van der Waals surface area contributed by atoms with Crippen molar-refractivity contribution in [3.05, 3.63) is 53.3 Å². The van der Waals surface area contributed by atoms with Crippen LogP contribution in [0.2, 0.25) is 0 Å². The molecule has 2 aromatic rings. The lowest BCUT2D eigenvalue weighted by Crippen LogP contribution is -2.36. The summed E-state index contributed by atoms with van der Waals surface area (Å²) < 4.78 is 1.89. The van der Waals surface area contributed by atoms with Gasteiger partial charge in [0.2, 0.25) is 0 Å². The second-order valence-corrected chi connectivity index (χ2v) is 4.84. The lowest BCUT2D eigenvalue weighted by molar-refractivity contribution is 0.0727. The maximum atomic E-state index is 12.4. The lowest BCUT2D eigenvalue weighted by atomic mass is 9.99. The highest BCUT2D eigenvalue weighted by atomic mass is 16.2. The predicted octanol–water partition coefficient (Wildman–Crippen LogP) is 2.10. The molecular weight excluding hydrogens is 238 g/mol. The van der Waals surface area contributed by atoms with E-state index in [2.05, 4.69) is 12.0 Å². The van der Waals surface area contributed by atoms with Gasteiger partial charge in [0.15, 0.2) is 0 Å². The van der Waals surface area contributed by atoms with Crippen LogP contribution in [0.5, 0.6) is 0 Å². The highest BCUT2D eigenvalue weighted by Gasteiger charge is 2.23. The molecule has 4 nitrogen and oxygen atoms in total. The predicted molar refractivity (Wildman–Crippen MR) is 72.8 cm³/mol. The van der Waals surface area contributed by atoms with Gasteiger partial charge in [0.1, 0.15) is 0 Å². The summed E-state index contributed by atoms with van der Waals surface area (Å²) in [5.41, 5.74) is 3.10. The van der Waals surface area contributed by atoms with Crippen molar-refractivity contribution in [3.8, 4) is 0 Å². The minimum Gasteiger partial charge on any atom is -0.334 e. The molecule has 0 aliphatic carbocycles. The monoisotopic (exact) mass is 255 g/mol. The fourth-order valence-corrected chi connectivity index (χ4v) is 2.51. The Labute approximate surface area is 112 Å². The minimum absolute atomic E-state index is 0.131. The lowest BCUT2D eigenvalue weighted by Gasteiger charge is -2.28. The Morgan fingerprint density at radius 2 is 2.16 bits per heavy atom. The first-order chi connectivity index (χ1) is 9.28. The van der Waals surface area contributed by atoms with Gasteiger partial charge >= 0.3 is 0 Å². The average molecular weight is 255 g/mol. The Hall–Kier alpha value is -2.10. The maximum Gasteiger partial charge on any atom is 0.254 e. The van der Waals surface area contributed by atoms with Gasteiger partial charge in [0, 0.05) is 37.0 Å². The number of benzene rings is 1. The first-order valence-corrected chi connectivity index (χ1v) is 6.66. The van der Waals surface area contributed by atoms with Gasteiger partial charge in [-0.25, -0.2) is 0 Å². The van der Waals surface area contributed by atoms with Crippen molar-refractivity contribution >= 4 is 5.91 Å². The van der Waals surface area contributed by atoms with E-state index in [-0.39, 0.29) is 5.91 Å². The molecular formula is C15H17N3O. The quantitative estimate of drug-likeness (QED) is 0.842. The Morgan fingerprint density at radius 3 is 2.95 bits per heavy atom. The second kappa shape index (κ2) is 4.88. The highest BCUT2D eigenvalue weighted by Crippen LogP contribution is 2.20. The zero-order valence-electron chi connectivity index (χ0n) is 11.0. The Bertz CT molecular complexity index is 603. The third kappa shape index (κ3) is 2.26. The van der Waals surface area contributed by atoms with Crippen LogP contribution in [-0.4, -0.2) is 27.1 Å². The Morgan fingerprint density at radius 1 is 1.32 bits per heavy atom. The van der Waals surface area contributed by atoms with Gasteiger partial charge in [-0.2, -0.15) is 5.10 Å². The minimum atomic E-state index is 0.131. The third-order valence-electron chi connectivity index (χ3n) is 3.57. The van der Waals surface area contributed by atoms with Gasteiger partial charge in [0.05, 0.1) is 6.20 Å². The van der Waals surface area contributed by atoms with Crippen LogP contribution >= 0.6 is 0 Å². The van der Waals surface area contributed by atoms with Gasteiger partial charge in [-0.1, -0.05) is 18.2 Å². The number of carbonyl (C=O) groups is 1. The summed E-state index contributed by atoms with van der Waals surface area (Å²) in [4.78, 5) is 14.3. The van der Waals surface area contributed by atoms with Crippen LogP contribution in [0.25, 0.3) is 0 Å². The third-order valence-corrected chi connectivity index (χ3v) is 3.57. The van der Waals surface area contributed by atoms with Crippen molar-refractivity contribution in [1.29, 1.82) is 0 Å². The molecule has 0 radical (unpaired) electrons. The van der Waals surface area contributed by atoms with Crippen LogP contribution in [0.3, 0.4) is 0 Å². The topological polar surface area (TPSA) is 38.1 Å². The summed E-state index contributed by atoms with van der Waals surface area (Å²) in [7, 11) is 0. The largest absolute Gasteiger partial charge is 0.334 e. The van der Waals surface area contributed by atoms with Crippen molar-refractivity contribution in [2.75, 3.05) is 6.54 Å². The van der Waals surface area contributed by atoms with Gasteiger partial charge in [-0.15, -0.1) is 0 Å². The van der Waals surface area contributed by atoms with Crippen molar-refractivity contribution in [2.45, 2.75) is 26.4 Å². The molecule has 19 heavy (non-hydrogen) atoms. The van der Waals surface area contributed by atoms with Gasteiger partial charge in [-0.05, 0) is 25.0 Å². The number of hydrogen-bond donors (Lipinski definition) is 0. The van der Waals surface area contributed by atoms with Crippen LogP contribution in [0.15, 0.2) is 36.7 Å². The Kier molecular flexibility index (Phi) is 3.07. The molecule has 98 valence electrons. The average Bonchev–Trinajstić information content (AvgIpc) is 2.90. The summed E-state index contributed by atoms with van der Waals surface area (Å²) in [5.74, 6) is 0.131. The molecule has 0 saturated carbocycles.